The van der Waals surface area contributed by atoms with Crippen LogP contribution in [0.15, 0.2) is 146 Å². The molecule has 0 aliphatic rings. The van der Waals surface area contributed by atoms with Crippen LogP contribution in [0.4, 0.5) is 0 Å². The van der Waals surface area contributed by atoms with Crippen molar-refractivity contribution in [3.05, 3.63) is 146 Å². The molecular formula is C37H24N4. The second-order valence-electron chi connectivity index (χ2n) is 10.5. The first-order valence-electron chi connectivity index (χ1n) is 13.9. The fraction of sp³-hybridized carbons (Fsp3) is 0. The molecule has 0 amide bonds. The normalized spacial score (nSPS) is 11.9. The number of fused-ring (bicyclic) bond motifs is 7. The van der Waals surface area contributed by atoms with Crippen molar-refractivity contribution >= 4 is 49.0 Å². The van der Waals surface area contributed by atoms with Crippen LogP contribution in [0, 0.1) is 0 Å². The smallest absolute Gasteiger partial charge is 0.220 e. The van der Waals surface area contributed by atoms with Gasteiger partial charge in [0.25, 0.3) is 0 Å². The summed E-state index contributed by atoms with van der Waals surface area (Å²) in [5.41, 5.74) is 7.83. The lowest BCUT2D eigenvalue weighted by atomic mass is 10.0. The number of nitrogens with zero attached hydrogens (tertiary/aromatic N) is 4. The molecule has 4 aromatic heterocycles. The molecule has 0 unspecified atom stereocenters. The first-order chi connectivity index (χ1) is 20.4. The molecule has 5 aromatic carbocycles. The Kier molecular flexibility index (Phi) is 4.58. The van der Waals surface area contributed by atoms with Gasteiger partial charge in [-0.3, -0.25) is 8.97 Å². The zero-order valence-electron chi connectivity index (χ0n) is 22.1. The van der Waals surface area contributed by atoms with Crippen LogP contribution in [0.5, 0.6) is 0 Å². The molecule has 0 atom stereocenters. The van der Waals surface area contributed by atoms with Crippen LogP contribution in [0.1, 0.15) is 0 Å². The minimum atomic E-state index is 0.884. The number of pyridine rings is 1. The average Bonchev–Trinajstić information content (AvgIpc) is 3.73. The molecule has 0 N–H and O–H groups in total. The van der Waals surface area contributed by atoms with Crippen molar-refractivity contribution in [1.82, 2.24) is 18.5 Å². The summed E-state index contributed by atoms with van der Waals surface area (Å²) in [6.45, 7) is 0. The van der Waals surface area contributed by atoms with Gasteiger partial charge in [0.15, 0.2) is 0 Å². The van der Waals surface area contributed by atoms with Gasteiger partial charge in [-0.15, -0.1) is 0 Å². The highest BCUT2D eigenvalue weighted by Gasteiger charge is 2.22. The number of rotatable bonds is 3. The number of imidazole rings is 1. The van der Waals surface area contributed by atoms with E-state index in [9.17, 15) is 0 Å². The van der Waals surface area contributed by atoms with E-state index < -0.39 is 0 Å². The molecular weight excluding hydrogens is 500 g/mol. The van der Waals surface area contributed by atoms with Gasteiger partial charge < -0.3 is 4.57 Å². The fourth-order valence-electron chi connectivity index (χ4n) is 6.51. The monoisotopic (exact) mass is 524 g/mol. The van der Waals surface area contributed by atoms with Crippen LogP contribution < -0.4 is 0 Å². The zero-order valence-corrected chi connectivity index (χ0v) is 22.1. The lowest BCUT2D eigenvalue weighted by molar-refractivity contribution is 0.986. The lowest BCUT2D eigenvalue weighted by Gasteiger charge is -2.09. The maximum Gasteiger partial charge on any atom is 0.220 e. The maximum absolute atomic E-state index is 5.44. The molecule has 0 fully saturated rings. The van der Waals surface area contributed by atoms with Gasteiger partial charge in [-0.2, -0.15) is 0 Å². The lowest BCUT2D eigenvalue weighted by Crippen LogP contribution is -2.01. The first-order valence-corrected chi connectivity index (χ1v) is 13.9. The van der Waals surface area contributed by atoms with E-state index in [2.05, 4.69) is 159 Å². The van der Waals surface area contributed by atoms with Gasteiger partial charge in [0.2, 0.25) is 5.95 Å². The highest BCUT2D eigenvalue weighted by atomic mass is 15.2. The summed E-state index contributed by atoms with van der Waals surface area (Å²) < 4.78 is 6.85. The SMILES string of the molecule is c1ccc(-n2ccc3c2ccc2c4ccccc4n(-c4nc(-c5cccc6ccccc56)c5ccccn45)c23)cc1. The van der Waals surface area contributed by atoms with Crippen molar-refractivity contribution in [3.8, 4) is 22.9 Å². The number of hydrogen-bond donors (Lipinski definition) is 0. The summed E-state index contributed by atoms with van der Waals surface area (Å²) in [4.78, 5) is 5.44. The minimum Gasteiger partial charge on any atom is -0.316 e. The molecule has 9 rings (SSSR count). The Balaban J connectivity index is 1.41. The summed E-state index contributed by atoms with van der Waals surface area (Å²) in [6.07, 6.45) is 4.30. The molecule has 0 saturated carbocycles. The van der Waals surface area contributed by atoms with Crippen LogP contribution in [-0.2, 0) is 0 Å². The highest BCUT2D eigenvalue weighted by molar-refractivity contribution is 6.18. The van der Waals surface area contributed by atoms with Crippen molar-refractivity contribution in [2.75, 3.05) is 0 Å². The van der Waals surface area contributed by atoms with Gasteiger partial charge in [-0.05, 0) is 53.2 Å². The van der Waals surface area contributed by atoms with Crippen molar-refractivity contribution in [2.45, 2.75) is 0 Å². The Labute approximate surface area is 236 Å². The number of benzene rings is 5. The number of para-hydroxylation sites is 2. The molecule has 4 heteroatoms. The summed E-state index contributed by atoms with van der Waals surface area (Å²) in [5.74, 6) is 0.884. The molecule has 0 aliphatic heterocycles. The average molecular weight is 525 g/mol. The van der Waals surface area contributed by atoms with Crippen molar-refractivity contribution in [2.24, 2.45) is 0 Å². The molecule has 41 heavy (non-hydrogen) atoms. The molecule has 4 heterocycles. The summed E-state index contributed by atoms with van der Waals surface area (Å²) in [6, 6.07) is 47.3. The third kappa shape index (κ3) is 3.13. The predicted octanol–water partition coefficient (Wildman–Crippen LogP) is 9.20. The third-order valence-corrected chi connectivity index (χ3v) is 8.31. The van der Waals surface area contributed by atoms with Crippen molar-refractivity contribution in [1.29, 1.82) is 0 Å². The zero-order chi connectivity index (χ0) is 26.9. The molecule has 4 nitrogen and oxygen atoms in total. The molecule has 0 spiro atoms. The van der Waals surface area contributed by atoms with Crippen LogP contribution in [0.25, 0.3) is 71.9 Å². The Bertz CT molecular complexity index is 2420. The van der Waals surface area contributed by atoms with E-state index in [-0.39, 0.29) is 0 Å². The number of aromatic nitrogens is 4. The third-order valence-electron chi connectivity index (χ3n) is 8.31. The largest absolute Gasteiger partial charge is 0.316 e. The van der Waals surface area contributed by atoms with E-state index >= 15 is 0 Å². The van der Waals surface area contributed by atoms with Gasteiger partial charge in [0, 0.05) is 39.8 Å². The number of hydrogen-bond acceptors (Lipinski definition) is 1. The Morgan fingerprint density at radius 2 is 1.22 bits per heavy atom. The quantitative estimate of drug-likeness (QED) is 0.226. The van der Waals surface area contributed by atoms with E-state index in [1.54, 1.807) is 0 Å². The minimum absolute atomic E-state index is 0.884. The maximum atomic E-state index is 5.44. The topological polar surface area (TPSA) is 27.2 Å². The summed E-state index contributed by atoms with van der Waals surface area (Å²) >= 11 is 0. The Morgan fingerprint density at radius 1 is 0.463 bits per heavy atom. The molecule has 0 radical (unpaired) electrons. The van der Waals surface area contributed by atoms with Gasteiger partial charge in [-0.25, -0.2) is 4.98 Å². The van der Waals surface area contributed by atoms with E-state index in [0.717, 1.165) is 33.9 Å². The van der Waals surface area contributed by atoms with Crippen LogP contribution >= 0.6 is 0 Å². The molecule has 9 aromatic rings. The summed E-state index contributed by atoms with van der Waals surface area (Å²) in [7, 11) is 0. The second-order valence-corrected chi connectivity index (χ2v) is 10.5. The van der Waals surface area contributed by atoms with Gasteiger partial charge in [-0.1, -0.05) is 91.0 Å². The van der Waals surface area contributed by atoms with E-state index in [4.69, 9.17) is 4.98 Å². The molecule has 0 saturated heterocycles. The Hall–Kier alpha value is -5.61. The van der Waals surface area contributed by atoms with E-state index in [0.29, 0.717) is 0 Å². The standard InChI is InChI=1S/C37H24N4/c1-2-13-26(14-3-1)39-24-22-31-32(39)21-20-30-28-16-6-7-18-33(28)41(36(30)31)37-38-35(34-19-8-9-23-40(34)37)29-17-10-12-25-11-4-5-15-27(25)29/h1-24H. The fourth-order valence-corrected chi connectivity index (χ4v) is 6.51. The first kappa shape index (κ1) is 22.2. The second kappa shape index (κ2) is 8.44. The van der Waals surface area contributed by atoms with E-state index in [1.165, 1.54) is 38.0 Å². The van der Waals surface area contributed by atoms with Gasteiger partial charge in [0.1, 0.15) is 0 Å². The van der Waals surface area contributed by atoms with Gasteiger partial charge in [0.05, 0.1) is 27.8 Å². The van der Waals surface area contributed by atoms with E-state index in [1.807, 2.05) is 0 Å². The molecule has 192 valence electrons. The Morgan fingerprint density at radius 3 is 2.15 bits per heavy atom. The molecule has 0 bridgehead atoms. The van der Waals surface area contributed by atoms with Gasteiger partial charge >= 0.3 is 0 Å². The van der Waals surface area contributed by atoms with Crippen LogP contribution in [0.3, 0.4) is 0 Å². The van der Waals surface area contributed by atoms with Crippen LogP contribution in [-0.4, -0.2) is 18.5 Å². The highest BCUT2D eigenvalue weighted by Crippen LogP contribution is 2.39. The van der Waals surface area contributed by atoms with Crippen molar-refractivity contribution < 1.29 is 0 Å². The molecule has 0 aliphatic carbocycles. The predicted molar refractivity (Wildman–Crippen MR) is 169 cm³/mol. The van der Waals surface area contributed by atoms with Crippen molar-refractivity contribution in [3.63, 3.8) is 0 Å². The van der Waals surface area contributed by atoms with Crippen LogP contribution in [0.2, 0.25) is 0 Å². The summed E-state index contributed by atoms with van der Waals surface area (Å²) in [5, 5.41) is 6.05.